The maximum Gasteiger partial charge on any atom is 0.345 e. The molecule has 1 atom stereocenters. The van der Waals surface area contributed by atoms with Crippen LogP contribution in [0.15, 0.2) is 29.1 Å². The van der Waals surface area contributed by atoms with Crippen LogP contribution in [-0.4, -0.2) is 44.9 Å². The maximum atomic E-state index is 12.9. The Hall–Kier alpha value is -2.64. The number of hydrogen-bond donors (Lipinski definition) is 0. The number of rotatable bonds is 6. The lowest BCUT2D eigenvalue weighted by atomic mass is 10.1. The maximum absolute atomic E-state index is 12.9. The van der Waals surface area contributed by atoms with Crippen LogP contribution in [-0.2, 0) is 24.3 Å². The first-order chi connectivity index (χ1) is 13.5. The minimum Gasteiger partial charge on any atom is -0.484 e. The topological polar surface area (TPSA) is 69.4 Å². The highest BCUT2D eigenvalue weighted by Crippen LogP contribution is 2.30. The lowest BCUT2D eigenvalue weighted by molar-refractivity contribution is -0.134. The lowest BCUT2D eigenvalue weighted by Gasteiger charge is -2.27. The first-order valence-corrected chi connectivity index (χ1v) is 9.82. The number of fused-ring (bicyclic) bond motifs is 1. The second-order valence-corrected chi connectivity index (χ2v) is 7.70. The number of amides is 1. The van der Waals surface area contributed by atoms with Crippen LogP contribution in [0.2, 0.25) is 0 Å². The van der Waals surface area contributed by atoms with Crippen molar-refractivity contribution in [3.63, 3.8) is 0 Å². The molecule has 7 nitrogen and oxygen atoms in total. The summed E-state index contributed by atoms with van der Waals surface area (Å²) in [5.74, 6) is 1.40. The van der Waals surface area contributed by atoms with Crippen LogP contribution < -0.4 is 10.4 Å². The van der Waals surface area contributed by atoms with Crippen molar-refractivity contribution in [1.29, 1.82) is 0 Å². The fourth-order valence-corrected chi connectivity index (χ4v) is 3.65. The van der Waals surface area contributed by atoms with Crippen LogP contribution in [0.25, 0.3) is 0 Å². The number of aromatic nitrogens is 3. The van der Waals surface area contributed by atoms with E-state index in [0.29, 0.717) is 31.1 Å². The van der Waals surface area contributed by atoms with Crippen molar-refractivity contribution in [2.75, 3.05) is 13.7 Å². The number of aryl methyl sites for hydroxylation is 1. The number of halogens is 1. The molecular formula is C20H25FN4O3. The molecule has 0 radical (unpaired) electrons. The predicted octanol–water partition coefficient (Wildman–Crippen LogP) is 1.84. The Morgan fingerprint density at radius 3 is 2.71 bits per heavy atom. The summed E-state index contributed by atoms with van der Waals surface area (Å²) in [4.78, 5) is 26.7. The van der Waals surface area contributed by atoms with Gasteiger partial charge in [-0.3, -0.25) is 9.36 Å². The van der Waals surface area contributed by atoms with Gasteiger partial charge < -0.3 is 9.64 Å². The van der Waals surface area contributed by atoms with E-state index in [4.69, 9.17) is 4.74 Å². The van der Waals surface area contributed by atoms with Gasteiger partial charge in [0.05, 0.1) is 0 Å². The summed E-state index contributed by atoms with van der Waals surface area (Å²) < 4.78 is 21.8. The van der Waals surface area contributed by atoms with E-state index in [1.807, 2.05) is 0 Å². The van der Waals surface area contributed by atoms with Crippen LogP contribution in [0.4, 0.5) is 4.39 Å². The van der Waals surface area contributed by atoms with Gasteiger partial charge in [0.25, 0.3) is 5.91 Å². The van der Waals surface area contributed by atoms with Crippen molar-refractivity contribution in [3.05, 3.63) is 46.4 Å². The first-order valence-electron chi connectivity index (χ1n) is 9.82. The highest BCUT2D eigenvalue weighted by molar-refractivity contribution is 5.77. The van der Waals surface area contributed by atoms with Crippen molar-refractivity contribution in [2.45, 2.75) is 51.2 Å². The molecular weight excluding hydrogens is 363 g/mol. The number of hydrogen-bond acceptors (Lipinski definition) is 4. The van der Waals surface area contributed by atoms with E-state index >= 15 is 0 Å². The van der Waals surface area contributed by atoms with E-state index in [9.17, 15) is 14.0 Å². The molecule has 1 fully saturated rings. The third kappa shape index (κ3) is 4.10. The first kappa shape index (κ1) is 18.7. The van der Waals surface area contributed by atoms with Crippen molar-refractivity contribution in [1.82, 2.24) is 19.2 Å². The highest BCUT2D eigenvalue weighted by atomic mass is 19.1. The normalized spacial score (nSPS) is 19.0. The summed E-state index contributed by atoms with van der Waals surface area (Å²) in [6.45, 7) is 1.19. The Kier molecular flexibility index (Phi) is 5.19. The summed E-state index contributed by atoms with van der Waals surface area (Å²) >= 11 is 0. The minimum absolute atomic E-state index is 0.0299. The van der Waals surface area contributed by atoms with E-state index in [1.165, 1.54) is 37.1 Å². The number of carbonyl (C=O) groups excluding carboxylic acids is 1. The van der Waals surface area contributed by atoms with Crippen molar-refractivity contribution in [3.8, 4) is 5.75 Å². The Labute approximate surface area is 162 Å². The van der Waals surface area contributed by atoms with Gasteiger partial charge in [-0.05, 0) is 55.9 Å². The van der Waals surface area contributed by atoms with E-state index in [1.54, 1.807) is 21.2 Å². The monoisotopic (exact) mass is 388 g/mol. The van der Waals surface area contributed by atoms with Gasteiger partial charge >= 0.3 is 5.69 Å². The molecule has 4 rings (SSSR count). The van der Waals surface area contributed by atoms with Crippen LogP contribution in [0, 0.1) is 11.7 Å². The Morgan fingerprint density at radius 1 is 1.25 bits per heavy atom. The number of carbonyl (C=O) groups is 1. The lowest BCUT2D eigenvalue weighted by Crippen LogP contribution is -2.40. The van der Waals surface area contributed by atoms with Crippen LogP contribution in [0.3, 0.4) is 0 Å². The molecule has 28 heavy (non-hydrogen) atoms. The largest absolute Gasteiger partial charge is 0.484 e. The van der Waals surface area contributed by atoms with Gasteiger partial charge in [-0.1, -0.05) is 0 Å². The third-order valence-electron chi connectivity index (χ3n) is 5.63. The molecule has 0 saturated heterocycles. The van der Waals surface area contributed by atoms with Crippen LogP contribution >= 0.6 is 0 Å². The summed E-state index contributed by atoms with van der Waals surface area (Å²) in [7, 11) is 1.76. The van der Waals surface area contributed by atoms with E-state index in [-0.39, 0.29) is 30.1 Å². The molecule has 8 heteroatoms. The molecule has 1 unspecified atom stereocenters. The quantitative estimate of drug-likeness (QED) is 0.757. The Morgan fingerprint density at radius 2 is 2.00 bits per heavy atom. The summed E-state index contributed by atoms with van der Waals surface area (Å²) in [6, 6.07) is 5.63. The molecule has 0 bridgehead atoms. The van der Waals surface area contributed by atoms with Gasteiger partial charge in [0.15, 0.2) is 6.61 Å². The summed E-state index contributed by atoms with van der Waals surface area (Å²) in [5.41, 5.74) is -0.0313. The van der Waals surface area contributed by atoms with Gasteiger partial charge in [-0.2, -0.15) is 5.10 Å². The average Bonchev–Trinajstić information content (AvgIpc) is 3.49. The van der Waals surface area contributed by atoms with E-state index in [0.717, 1.165) is 18.8 Å². The smallest absolute Gasteiger partial charge is 0.345 e. The van der Waals surface area contributed by atoms with Gasteiger partial charge in [0, 0.05) is 32.6 Å². The molecule has 150 valence electrons. The molecule has 2 aliphatic rings. The molecule has 1 saturated carbocycles. The molecule has 1 aromatic carbocycles. The number of likely N-dealkylation sites (N-methyl/N-ethyl adjacent to an activating group) is 1. The Balaban J connectivity index is 1.33. The fraction of sp³-hybridized carbons (Fsp3) is 0.550. The Bertz CT molecular complexity index is 901. The summed E-state index contributed by atoms with van der Waals surface area (Å²) in [5, 5.41) is 4.52. The average molecular weight is 388 g/mol. The van der Waals surface area contributed by atoms with Gasteiger partial charge in [-0.25, -0.2) is 13.9 Å². The number of benzene rings is 1. The highest BCUT2D eigenvalue weighted by Gasteiger charge is 2.28. The molecule has 2 aromatic rings. The molecule has 1 aliphatic carbocycles. The molecule has 1 aliphatic heterocycles. The zero-order valence-electron chi connectivity index (χ0n) is 16.0. The van der Waals surface area contributed by atoms with Crippen molar-refractivity contribution in [2.24, 2.45) is 5.92 Å². The molecule has 2 heterocycles. The van der Waals surface area contributed by atoms with E-state index < -0.39 is 0 Å². The number of ether oxygens (including phenoxy) is 1. The predicted molar refractivity (Wildman–Crippen MR) is 101 cm³/mol. The van der Waals surface area contributed by atoms with Gasteiger partial charge in [0.2, 0.25) is 0 Å². The van der Waals surface area contributed by atoms with Crippen LogP contribution in [0.5, 0.6) is 5.75 Å². The second kappa shape index (κ2) is 7.77. The van der Waals surface area contributed by atoms with Gasteiger partial charge in [0.1, 0.15) is 17.4 Å². The van der Waals surface area contributed by atoms with E-state index in [2.05, 4.69) is 5.10 Å². The standard InChI is InChI=1S/C20H25FN4O3/c1-23(19(26)13-28-17-7-4-15(21)5-8-17)16-6-9-18-22-25(12-14-2-3-14)20(27)24(18)11-10-16/h4-5,7-8,14,16H,2-3,6,9-13H2,1H3. The fourth-order valence-electron chi connectivity index (χ4n) is 3.65. The zero-order valence-corrected chi connectivity index (χ0v) is 16.0. The van der Waals surface area contributed by atoms with Gasteiger partial charge in [-0.15, -0.1) is 0 Å². The second-order valence-electron chi connectivity index (χ2n) is 7.70. The van der Waals surface area contributed by atoms with Crippen LogP contribution in [0.1, 0.15) is 31.5 Å². The SMILES string of the molecule is CN(C(=O)COc1ccc(F)cc1)C1CCc2nn(CC3CC3)c(=O)n2CC1. The molecule has 0 spiro atoms. The molecule has 1 aromatic heterocycles. The zero-order chi connectivity index (χ0) is 19.7. The summed E-state index contributed by atoms with van der Waals surface area (Å²) in [6.07, 6.45) is 4.51. The minimum atomic E-state index is -0.344. The van der Waals surface area contributed by atoms with Crippen molar-refractivity contribution < 1.29 is 13.9 Å². The molecule has 0 N–H and O–H groups in total. The third-order valence-corrected chi connectivity index (χ3v) is 5.63. The number of nitrogens with zero attached hydrogens (tertiary/aromatic N) is 4. The molecule has 1 amide bonds. The van der Waals surface area contributed by atoms with Crippen molar-refractivity contribution >= 4 is 5.91 Å².